The Bertz CT molecular complexity index is 1090. The Morgan fingerprint density at radius 3 is 2.62 bits per heavy atom. The predicted molar refractivity (Wildman–Crippen MR) is 128 cm³/mol. The Balaban J connectivity index is 1.54. The van der Waals surface area contributed by atoms with Crippen molar-refractivity contribution in [2.24, 2.45) is 11.5 Å². The van der Waals surface area contributed by atoms with E-state index in [1.165, 1.54) is 6.20 Å². The van der Waals surface area contributed by atoms with Gasteiger partial charge in [-0.2, -0.15) is 4.98 Å². The van der Waals surface area contributed by atoms with Gasteiger partial charge in [-0.05, 0) is 54.7 Å². The van der Waals surface area contributed by atoms with Crippen LogP contribution in [0.2, 0.25) is 5.02 Å². The summed E-state index contributed by atoms with van der Waals surface area (Å²) in [6.07, 6.45) is 6.41. The number of primary amides is 1. The van der Waals surface area contributed by atoms with Gasteiger partial charge in [-0.3, -0.25) is 4.79 Å². The van der Waals surface area contributed by atoms with E-state index in [1.54, 1.807) is 0 Å². The first kappa shape index (κ1) is 22.0. The Hall–Kier alpha value is -3.16. The number of rotatable bonds is 7. The molecule has 0 saturated heterocycles. The standard InChI is InChI=1S/C24H27ClN6O/c25-17-10-8-15(9-11-17)12-16-4-3-5-18(13-16)29-23-19(22(27)32)14-28-24(31-23)30-21-7-2-1-6-20(21)26/h3-5,8-11,13-14,20-21H,1-2,6-7,12,26H2,(H2,27,32)(H2,28,29,30,31)/t20-,21+/m0/s1. The second kappa shape index (κ2) is 9.97. The fourth-order valence-electron chi connectivity index (χ4n) is 3.97. The first-order valence-electron chi connectivity index (χ1n) is 10.8. The summed E-state index contributed by atoms with van der Waals surface area (Å²) in [6, 6.07) is 15.9. The molecule has 1 fully saturated rings. The highest BCUT2D eigenvalue weighted by Gasteiger charge is 2.23. The molecule has 2 aromatic carbocycles. The molecular weight excluding hydrogens is 424 g/mol. The van der Waals surface area contributed by atoms with E-state index >= 15 is 0 Å². The second-order valence-corrected chi connectivity index (χ2v) is 8.58. The number of carbonyl (C=O) groups is 1. The van der Waals surface area contributed by atoms with Crippen LogP contribution in [-0.4, -0.2) is 28.0 Å². The van der Waals surface area contributed by atoms with Crippen molar-refractivity contribution in [2.75, 3.05) is 10.6 Å². The second-order valence-electron chi connectivity index (χ2n) is 8.15. The van der Waals surface area contributed by atoms with E-state index < -0.39 is 5.91 Å². The van der Waals surface area contributed by atoms with E-state index in [0.717, 1.165) is 48.9 Å². The normalized spacial score (nSPS) is 18.2. The number of benzene rings is 2. The molecule has 0 radical (unpaired) electrons. The van der Waals surface area contributed by atoms with E-state index in [9.17, 15) is 4.79 Å². The lowest BCUT2D eigenvalue weighted by Gasteiger charge is -2.29. The van der Waals surface area contributed by atoms with Crippen molar-refractivity contribution >= 4 is 35.0 Å². The number of amides is 1. The van der Waals surface area contributed by atoms with Gasteiger partial charge in [-0.1, -0.05) is 48.7 Å². The fourth-order valence-corrected chi connectivity index (χ4v) is 4.09. The van der Waals surface area contributed by atoms with Gasteiger partial charge in [0.15, 0.2) is 0 Å². The molecule has 1 heterocycles. The Labute approximate surface area is 192 Å². The summed E-state index contributed by atoms with van der Waals surface area (Å²) >= 11 is 5.98. The Kier molecular flexibility index (Phi) is 6.87. The molecule has 6 N–H and O–H groups in total. The smallest absolute Gasteiger partial charge is 0.254 e. The van der Waals surface area contributed by atoms with Gasteiger partial charge in [0.05, 0.1) is 0 Å². The zero-order chi connectivity index (χ0) is 22.5. The number of nitrogens with one attached hydrogen (secondary N) is 2. The lowest BCUT2D eigenvalue weighted by molar-refractivity contribution is 0.100. The molecule has 0 bridgehead atoms. The molecule has 7 nitrogen and oxygen atoms in total. The van der Waals surface area contributed by atoms with Gasteiger partial charge >= 0.3 is 0 Å². The molecule has 4 rings (SSSR count). The topological polar surface area (TPSA) is 119 Å². The maximum absolute atomic E-state index is 12.0. The molecule has 1 aromatic heterocycles. The van der Waals surface area contributed by atoms with Crippen LogP contribution in [0.4, 0.5) is 17.5 Å². The van der Waals surface area contributed by atoms with E-state index in [-0.39, 0.29) is 17.6 Å². The van der Waals surface area contributed by atoms with Crippen molar-refractivity contribution in [3.8, 4) is 0 Å². The summed E-state index contributed by atoms with van der Waals surface area (Å²) in [7, 11) is 0. The monoisotopic (exact) mass is 450 g/mol. The van der Waals surface area contributed by atoms with Gasteiger partial charge in [-0.15, -0.1) is 0 Å². The third-order valence-corrected chi connectivity index (χ3v) is 5.95. The van der Waals surface area contributed by atoms with Crippen LogP contribution >= 0.6 is 11.6 Å². The zero-order valence-electron chi connectivity index (χ0n) is 17.7. The first-order valence-corrected chi connectivity index (χ1v) is 11.1. The van der Waals surface area contributed by atoms with Crippen molar-refractivity contribution in [2.45, 2.75) is 44.2 Å². The number of nitrogens with two attached hydrogens (primary N) is 2. The fraction of sp³-hybridized carbons (Fsp3) is 0.292. The van der Waals surface area contributed by atoms with E-state index in [1.807, 2.05) is 48.5 Å². The number of carbonyl (C=O) groups excluding carboxylic acids is 1. The predicted octanol–water partition coefficient (Wildman–Crippen LogP) is 4.25. The van der Waals surface area contributed by atoms with Gasteiger partial charge < -0.3 is 22.1 Å². The van der Waals surface area contributed by atoms with Crippen LogP contribution in [0.15, 0.2) is 54.7 Å². The molecule has 1 saturated carbocycles. The number of halogens is 1. The maximum Gasteiger partial charge on any atom is 0.254 e. The summed E-state index contributed by atoms with van der Waals surface area (Å²) in [4.78, 5) is 20.8. The Morgan fingerprint density at radius 2 is 1.88 bits per heavy atom. The molecule has 3 aromatic rings. The van der Waals surface area contributed by atoms with Gasteiger partial charge in [0.2, 0.25) is 5.95 Å². The minimum absolute atomic E-state index is 0.0594. The van der Waals surface area contributed by atoms with Crippen LogP contribution < -0.4 is 22.1 Å². The molecule has 32 heavy (non-hydrogen) atoms. The maximum atomic E-state index is 12.0. The number of hydrogen-bond donors (Lipinski definition) is 4. The molecule has 1 aliphatic carbocycles. The SMILES string of the molecule is NC(=O)c1cnc(N[C@@H]2CCCC[C@@H]2N)nc1Nc1cccc(Cc2ccc(Cl)cc2)c1. The number of nitrogens with zero attached hydrogens (tertiary/aromatic N) is 2. The van der Waals surface area contributed by atoms with Gasteiger partial charge in [0.25, 0.3) is 5.91 Å². The largest absolute Gasteiger partial charge is 0.365 e. The van der Waals surface area contributed by atoms with Gasteiger partial charge in [0.1, 0.15) is 11.4 Å². The van der Waals surface area contributed by atoms with Gasteiger partial charge in [-0.25, -0.2) is 4.98 Å². The summed E-state index contributed by atoms with van der Waals surface area (Å²) in [5.74, 6) is 0.200. The van der Waals surface area contributed by atoms with E-state index in [0.29, 0.717) is 16.8 Å². The molecule has 2 atom stereocenters. The quantitative estimate of drug-likeness (QED) is 0.427. The highest BCUT2D eigenvalue weighted by atomic mass is 35.5. The molecule has 0 unspecified atom stereocenters. The summed E-state index contributed by atoms with van der Waals surface area (Å²) in [5.41, 5.74) is 15.1. The minimum atomic E-state index is -0.592. The highest BCUT2D eigenvalue weighted by Crippen LogP contribution is 2.24. The third-order valence-electron chi connectivity index (χ3n) is 5.70. The lowest BCUT2D eigenvalue weighted by atomic mass is 9.91. The van der Waals surface area contributed by atoms with Gasteiger partial charge in [0, 0.05) is 29.0 Å². The number of hydrogen-bond acceptors (Lipinski definition) is 6. The molecule has 1 aliphatic rings. The van der Waals surface area contributed by atoms with Crippen molar-refractivity contribution < 1.29 is 4.79 Å². The van der Waals surface area contributed by atoms with E-state index in [2.05, 4.69) is 20.6 Å². The Morgan fingerprint density at radius 1 is 1.09 bits per heavy atom. The first-order chi connectivity index (χ1) is 15.5. The summed E-state index contributed by atoms with van der Waals surface area (Å²) < 4.78 is 0. The van der Waals surface area contributed by atoms with Crippen molar-refractivity contribution in [1.29, 1.82) is 0 Å². The zero-order valence-corrected chi connectivity index (χ0v) is 18.5. The van der Waals surface area contributed by atoms with Crippen LogP contribution in [0.1, 0.15) is 47.2 Å². The van der Waals surface area contributed by atoms with Crippen LogP contribution in [0.3, 0.4) is 0 Å². The van der Waals surface area contributed by atoms with E-state index in [4.69, 9.17) is 23.1 Å². The minimum Gasteiger partial charge on any atom is -0.365 e. The molecule has 0 aliphatic heterocycles. The average molecular weight is 451 g/mol. The average Bonchev–Trinajstić information content (AvgIpc) is 2.77. The number of aromatic nitrogens is 2. The van der Waals surface area contributed by atoms with Crippen LogP contribution in [0.5, 0.6) is 0 Å². The third kappa shape index (κ3) is 5.55. The molecule has 166 valence electrons. The molecule has 1 amide bonds. The van der Waals surface area contributed by atoms with Crippen molar-refractivity contribution in [3.63, 3.8) is 0 Å². The summed E-state index contributed by atoms with van der Waals surface area (Å²) in [6.45, 7) is 0. The molecule has 8 heteroatoms. The highest BCUT2D eigenvalue weighted by molar-refractivity contribution is 6.30. The number of anilines is 3. The van der Waals surface area contributed by atoms with Crippen LogP contribution in [0.25, 0.3) is 0 Å². The van der Waals surface area contributed by atoms with Crippen LogP contribution in [0, 0.1) is 0 Å². The summed E-state index contributed by atoms with van der Waals surface area (Å²) in [5, 5.41) is 7.27. The molecular formula is C24H27ClN6O. The van der Waals surface area contributed by atoms with Crippen molar-refractivity contribution in [3.05, 3.63) is 76.4 Å². The van der Waals surface area contributed by atoms with Crippen LogP contribution in [-0.2, 0) is 6.42 Å². The lowest BCUT2D eigenvalue weighted by Crippen LogP contribution is -2.43. The van der Waals surface area contributed by atoms with Crippen molar-refractivity contribution in [1.82, 2.24) is 9.97 Å². The molecule has 0 spiro atoms.